The van der Waals surface area contributed by atoms with Gasteiger partial charge in [-0.25, -0.2) is 9.74 Å². The first-order valence-electron chi connectivity index (χ1n) is 7.21. The van der Waals surface area contributed by atoms with E-state index in [2.05, 4.69) is 20.9 Å². The number of aromatic nitrogens is 1. The molecule has 0 aliphatic rings. The Hall–Kier alpha value is -2.47. The van der Waals surface area contributed by atoms with Crippen molar-refractivity contribution in [1.82, 2.24) is 4.57 Å². The Kier molecular flexibility index (Phi) is 4.49. The highest BCUT2D eigenvalue weighted by Crippen LogP contribution is 2.20. The molecule has 0 aliphatic heterocycles. The Labute approximate surface area is 145 Å². The summed E-state index contributed by atoms with van der Waals surface area (Å²) in [6.07, 6.45) is 1.33. The number of rotatable bonds is 3. The first-order chi connectivity index (χ1) is 11.5. The maximum atomic E-state index is 12.4. The molecule has 0 amide bonds. The van der Waals surface area contributed by atoms with Crippen LogP contribution in [0.25, 0.3) is 10.9 Å². The van der Waals surface area contributed by atoms with Crippen LogP contribution < -0.4 is 5.43 Å². The summed E-state index contributed by atoms with van der Waals surface area (Å²) >= 11 is 3.38. The van der Waals surface area contributed by atoms with Gasteiger partial charge in [-0.1, -0.05) is 45.8 Å². The van der Waals surface area contributed by atoms with E-state index in [-0.39, 0.29) is 5.56 Å². The normalized spacial score (nSPS) is 10.8. The lowest BCUT2D eigenvalue weighted by atomic mass is 10.1. The molecule has 2 aromatic carbocycles. The zero-order valence-corrected chi connectivity index (χ0v) is 14.3. The van der Waals surface area contributed by atoms with Crippen LogP contribution in [0.5, 0.6) is 0 Å². The third kappa shape index (κ3) is 3.10. The minimum atomic E-state index is -1.29. The van der Waals surface area contributed by atoms with E-state index < -0.39 is 11.4 Å². The van der Waals surface area contributed by atoms with Crippen LogP contribution in [0.2, 0.25) is 0 Å². The molecule has 24 heavy (non-hydrogen) atoms. The highest BCUT2D eigenvalue weighted by molar-refractivity contribution is 9.10. The van der Waals surface area contributed by atoms with Crippen LogP contribution in [0.3, 0.4) is 0 Å². The van der Waals surface area contributed by atoms with Gasteiger partial charge >= 0.3 is 5.97 Å². The number of hydrogen-bond acceptors (Lipinski definition) is 3. The van der Waals surface area contributed by atoms with E-state index in [1.807, 2.05) is 31.2 Å². The summed E-state index contributed by atoms with van der Waals surface area (Å²) in [4.78, 5) is 27.2. The van der Waals surface area contributed by atoms with Gasteiger partial charge in [-0.2, -0.15) is 0 Å². The van der Waals surface area contributed by atoms with E-state index in [0.29, 0.717) is 17.4 Å². The first-order valence-corrected chi connectivity index (χ1v) is 8.00. The van der Waals surface area contributed by atoms with Gasteiger partial charge in [0.1, 0.15) is 5.56 Å². The Morgan fingerprint density at radius 1 is 1.21 bits per heavy atom. The lowest BCUT2D eigenvalue weighted by molar-refractivity contribution is -0.0789. The maximum Gasteiger partial charge on any atom is 0.384 e. The molecule has 0 spiro atoms. The molecule has 1 heterocycles. The third-order valence-electron chi connectivity index (χ3n) is 3.81. The largest absolute Gasteiger partial charge is 0.384 e. The number of nitrogens with zero attached hydrogens (tertiary/aromatic N) is 1. The predicted molar refractivity (Wildman–Crippen MR) is 92.7 cm³/mol. The highest BCUT2D eigenvalue weighted by Gasteiger charge is 2.17. The average molecular weight is 390 g/mol. The van der Waals surface area contributed by atoms with Gasteiger partial charge in [-0.15, -0.1) is 0 Å². The van der Waals surface area contributed by atoms with Gasteiger partial charge < -0.3 is 4.57 Å². The number of halogens is 2. The Morgan fingerprint density at radius 2 is 1.92 bits per heavy atom. The molecule has 3 aromatic rings. The van der Waals surface area contributed by atoms with Crippen LogP contribution in [0.1, 0.15) is 21.5 Å². The van der Waals surface area contributed by atoms with Gasteiger partial charge in [0.15, 0.2) is 0 Å². The smallest absolute Gasteiger partial charge is 0.342 e. The molecule has 1 aromatic heterocycles. The molecule has 0 saturated heterocycles. The van der Waals surface area contributed by atoms with Crippen molar-refractivity contribution in [3.63, 3.8) is 0 Å². The zero-order valence-electron chi connectivity index (χ0n) is 12.8. The van der Waals surface area contributed by atoms with Gasteiger partial charge in [0, 0.05) is 27.1 Å². The standard InChI is InChI=1S/C18H13BrFNO3/c1-11-2-4-12(5-3-11)9-21-10-15(18(23)24-20)17(22)14-7-6-13(19)8-16(14)21/h2-8,10H,9H2,1H3. The zero-order chi connectivity index (χ0) is 17.3. The second kappa shape index (κ2) is 6.57. The molecule has 0 aliphatic carbocycles. The number of hydrogen-bond donors (Lipinski definition) is 0. The van der Waals surface area contributed by atoms with E-state index >= 15 is 0 Å². The molecule has 0 saturated carbocycles. The molecular formula is C18H13BrFNO3. The topological polar surface area (TPSA) is 48.3 Å². The van der Waals surface area contributed by atoms with Crippen LogP contribution in [0.15, 0.2) is 57.9 Å². The minimum Gasteiger partial charge on any atom is -0.342 e. The van der Waals surface area contributed by atoms with Crippen molar-refractivity contribution in [2.45, 2.75) is 13.5 Å². The van der Waals surface area contributed by atoms with E-state index in [0.717, 1.165) is 15.6 Å². The molecule has 4 nitrogen and oxygen atoms in total. The van der Waals surface area contributed by atoms with Crippen LogP contribution in [0.4, 0.5) is 4.53 Å². The van der Waals surface area contributed by atoms with Crippen LogP contribution >= 0.6 is 15.9 Å². The van der Waals surface area contributed by atoms with Crippen LogP contribution in [-0.4, -0.2) is 10.5 Å². The predicted octanol–water partition coefficient (Wildman–Crippen LogP) is 4.16. The maximum absolute atomic E-state index is 12.4. The molecule has 122 valence electrons. The fraction of sp³-hybridized carbons (Fsp3) is 0.111. The molecule has 0 N–H and O–H groups in total. The van der Waals surface area contributed by atoms with Crippen molar-refractivity contribution in [3.05, 3.63) is 80.0 Å². The number of pyridine rings is 1. The molecule has 6 heteroatoms. The van der Waals surface area contributed by atoms with Crippen molar-refractivity contribution in [2.75, 3.05) is 0 Å². The number of aryl methyl sites for hydroxylation is 1. The minimum absolute atomic E-state index is 0.327. The second-order valence-electron chi connectivity index (χ2n) is 5.51. The molecule has 0 atom stereocenters. The summed E-state index contributed by atoms with van der Waals surface area (Å²) in [5, 5.41) is 0.327. The van der Waals surface area contributed by atoms with Crippen molar-refractivity contribution in [1.29, 1.82) is 0 Å². The summed E-state index contributed by atoms with van der Waals surface area (Å²) in [7, 11) is 0. The van der Waals surface area contributed by atoms with E-state index in [1.165, 1.54) is 6.20 Å². The van der Waals surface area contributed by atoms with Gasteiger partial charge in [0.25, 0.3) is 0 Å². The van der Waals surface area contributed by atoms with Gasteiger partial charge in [0.05, 0.1) is 5.52 Å². The number of carbonyl (C=O) groups excluding carboxylic acids is 1. The quantitative estimate of drug-likeness (QED) is 0.675. The fourth-order valence-corrected chi connectivity index (χ4v) is 2.92. The van der Waals surface area contributed by atoms with Crippen molar-refractivity contribution in [3.8, 4) is 0 Å². The molecule has 3 rings (SSSR count). The lowest BCUT2D eigenvalue weighted by Crippen LogP contribution is -2.19. The SMILES string of the molecule is Cc1ccc(Cn2cc(C(=O)OF)c(=O)c3ccc(Br)cc32)cc1. The average Bonchev–Trinajstić information content (AvgIpc) is 2.58. The molecule has 0 unspecified atom stereocenters. The van der Waals surface area contributed by atoms with Gasteiger partial charge in [-0.05, 0) is 30.7 Å². The van der Waals surface area contributed by atoms with Crippen molar-refractivity contribution in [2.24, 2.45) is 0 Å². The molecule has 0 radical (unpaired) electrons. The summed E-state index contributed by atoms with van der Waals surface area (Å²) in [6.45, 7) is 2.42. The van der Waals surface area contributed by atoms with Crippen LogP contribution in [-0.2, 0) is 11.5 Å². The summed E-state index contributed by atoms with van der Waals surface area (Å²) in [5.74, 6) is -1.29. The summed E-state index contributed by atoms with van der Waals surface area (Å²) < 4.78 is 14.8. The summed E-state index contributed by atoms with van der Waals surface area (Å²) in [5.41, 5.74) is 1.88. The van der Waals surface area contributed by atoms with Crippen molar-refractivity contribution >= 4 is 32.8 Å². The second-order valence-corrected chi connectivity index (χ2v) is 6.43. The highest BCUT2D eigenvalue weighted by atomic mass is 79.9. The Bertz CT molecular complexity index is 980. The van der Waals surface area contributed by atoms with Gasteiger partial charge in [0.2, 0.25) is 5.43 Å². The molecular weight excluding hydrogens is 377 g/mol. The first kappa shape index (κ1) is 16.4. The monoisotopic (exact) mass is 389 g/mol. The number of benzene rings is 2. The Morgan fingerprint density at radius 3 is 2.58 bits per heavy atom. The van der Waals surface area contributed by atoms with Crippen LogP contribution in [0, 0.1) is 6.92 Å². The lowest BCUT2D eigenvalue weighted by Gasteiger charge is -2.13. The van der Waals surface area contributed by atoms with Gasteiger partial charge in [-0.3, -0.25) is 4.79 Å². The van der Waals surface area contributed by atoms with E-state index in [4.69, 9.17) is 0 Å². The molecule has 0 bridgehead atoms. The third-order valence-corrected chi connectivity index (χ3v) is 4.30. The van der Waals surface area contributed by atoms with E-state index in [1.54, 1.807) is 22.8 Å². The number of carbonyl (C=O) groups is 1. The fourth-order valence-electron chi connectivity index (χ4n) is 2.57. The molecule has 0 fully saturated rings. The van der Waals surface area contributed by atoms with Crippen molar-refractivity contribution < 1.29 is 14.3 Å². The summed E-state index contributed by atoms with van der Waals surface area (Å²) in [6, 6.07) is 13.0. The number of fused-ring (bicyclic) bond motifs is 1. The van der Waals surface area contributed by atoms with E-state index in [9.17, 15) is 14.1 Å². The Balaban J connectivity index is 2.22.